The number of nitrogens with one attached hydrogen (secondary N) is 2. The van der Waals surface area contributed by atoms with Crippen LogP contribution in [0.15, 0.2) is 24.3 Å². The number of carbonyl (C=O) groups excluding carboxylic acids is 2. The van der Waals surface area contributed by atoms with Gasteiger partial charge in [0.1, 0.15) is 0 Å². The van der Waals surface area contributed by atoms with Gasteiger partial charge in [-0.3, -0.25) is 9.59 Å². The fraction of sp³-hybridized carbons (Fsp3) is 0.467. The van der Waals surface area contributed by atoms with E-state index in [4.69, 9.17) is 0 Å². The van der Waals surface area contributed by atoms with Crippen LogP contribution < -0.4 is 10.6 Å². The summed E-state index contributed by atoms with van der Waals surface area (Å²) < 4.78 is 0. The highest BCUT2D eigenvalue weighted by atomic mass is 16.2. The van der Waals surface area contributed by atoms with Crippen LogP contribution in [0.25, 0.3) is 0 Å². The maximum absolute atomic E-state index is 12.0. The Labute approximate surface area is 113 Å². The minimum atomic E-state index is -0.125. The van der Waals surface area contributed by atoms with E-state index in [9.17, 15) is 9.59 Å². The second kappa shape index (κ2) is 6.36. The van der Waals surface area contributed by atoms with Crippen LogP contribution in [0, 0.1) is 5.92 Å². The number of hydrogen-bond acceptors (Lipinski definition) is 2. The summed E-state index contributed by atoms with van der Waals surface area (Å²) >= 11 is 0. The Hall–Kier alpha value is -1.84. The third kappa shape index (κ3) is 3.81. The molecule has 2 N–H and O–H groups in total. The van der Waals surface area contributed by atoms with Crippen molar-refractivity contribution in [3.63, 3.8) is 0 Å². The van der Waals surface area contributed by atoms with Gasteiger partial charge in [-0.2, -0.15) is 0 Å². The predicted molar refractivity (Wildman–Crippen MR) is 75.0 cm³/mol. The van der Waals surface area contributed by atoms with E-state index in [2.05, 4.69) is 17.6 Å². The van der Waals surface area contributed by atoms with E-state index in [-0.39, 0.29) is 17.7 Å². The molecule has 19 heavy (non-hydrogen) atoms. The smallest absolute Gasteiger partial charge is 0.253 e. The van der Waals surface area contributed by atoms with E-state index in [1.54, 1.807) is 12.1 Å². The van der Waals surface area contributed by atoms with E-state index < -0.39 is 0 Å². The molecule has 0 spiro atoms. The van der Waals surface area contributed by atoms with Crippen molar-refractivity contribution in [2.75, 3.05) is 11.9 Å². The van der Waals surface area contributed by atoms with Gasteiger partial charge in [0.05, 0.1) is 11.3 Å². The molecule has 102 valence electrons. The summed E-state index contributed by atoms with van der Waals surface area (Å²) in [6.07, 6.45) is 3.91. The first kappa shape index (κ1) is 13.6. The zero-order chi connectivity index (χ0) is 13.7. The second-order valence-electron chi connectivity index (χ2n) is 4.92. The van der Waals surface area contributed by atoms with Crippen LogP contribution in [-0.4, -0.2) is 18.4 Å². The van der Waals surface area contributed by atoms with E-state index in [1.165, 1.54) is 0 Å². The van der Waals surface area contributed by atoms with Gasteiger partial charge >= 0.3 is 0 Å². The molecule has 1 aliphatic rings. The highest BCUT2D eigenvalue weighted by molar-refractivity contribution is 6.04. The Morgan fingerprint density at radius 1 is 1.26 bits per heavy atom. The minimum Gasteiger partial charge on any atom is -0.352 e. The van der Waals surface area contributed by atoms with Crippen molar-refractivity contribution in [2.24, 2.45) is 5.92 Å². The van der Waals surface area contributed by atoms with Crippen LogP contribution in [0.5, 0.6) is 0 Å². The van der Waals surface area contributed by atoms with Crippen molar-refractivity contribution in [1.29, 1.82) is 0 Å². The SMILES string of the molecule is CCCCNC(=O)c1ccccc1NC(=O)C1CC1. The van der Waals surface area contributed by atoms with Crippen LogP contribution in [0.1, 0.15) is 43.0 Å². The van der Waals surface area contributed by atoms with Crippen LogP contribution in [-0.2, 0) is 4.79 Å². The van der Waals surface area contributed by atoms with Gasteiger partial charge in [0, 0.05) is 12.5 Å². The van der Waals surface area contributed by atoms with Gasteiger partial charge in [0.2, 0.25) is 5.91 Å². The Kier molecular flexibility index (Phi) is 4.55. The molecule has 0 radical (unpaired) electrons. The molecule has 0 aromatic heterocycles. The Bertz CT molecular complexity index is 467. The first-order chi connectivity index (χ1) is 9.22. The van der Waals surface area contributed by atoms with Gasteiger partial charge < -0.3 is 10.6 Å². The number of carbonyl (C=O) groups is 2. The van der Waals surface area contributed by atoms with Crippen LogP contribution >= 0.6 is 0 Å². The van der Waals surface area contributed by atoms with Gasteiger partial charge in [-0.15, -0.1) is 0 Å². The van der Waals surface area contributed by atoms with Gasteiger partial charge in [-0.25, -0.2) is 0 Å². The van der Waals surface area contributed by atoms with Crippen molar-refractivity contribution in [2.45, 2.75) is 32.6 Å². The molecule has 1 aliphatic carbocycles. The highest BCUT2D eigenvalue weighted by Gasteiger charge is 2.30. The van der Waals surface area contributed by atoms with Crippen LogP contribution in [0.4, 0.5) is 5.69 Å². The van der Waals surface area contributed by atoms with Gasteiger partial charge in [-0.05, 0) is 31.4 Å². The lowest BCUT2D eigenvalue weighted by Crippen LogP contribution is -2.26. The van der Waals surface area contributed by atoms with E-state index in [1.807, 2.05) is 12.1 Å². The quantitative estimate of drug-likeness (QED) is 0.772. The van der Waals surface area contributed by atoms with Gasteiger partial charge in [-0.1, -0.05) is 25.5 Å². The highest BCUT2D eigenvalue weighted by Crippen LogP contribution is 2.30. The Morgan fingerprint density at radius 2 is 2.00 bits per heavy atom. The fourth-order valence-corrected chi connectivity index (χ4v) is 1.84. The summed E-state index contributed by atoms with van der Waals surface area (Å²) in [4.78, 5) is 23.8. The molecule has 0 aliphatic heterocycles. The molecule has 1 saturated carbocycles. The van der Waals surface area contributed by atoms with Crippen molar-refractivity contribution in [1.82, 2.24) is 5.32 Å². The molecular formula is C15H20N2O2. The Balaban J connectivity index is 2.02. The zero-order valence-electron chi connectivity index (χ0n) is 11.2. The molecule has 0 saturated heterocycles. The molecule has 0 atom stereocenters. The fourth-order valence-electron chi connectivity index (χ4n) is 1.84. The van der Waals surface area contributed by atoms with E-state index in [0.717, 1.165) is 25.7 Å². The number of rotatable bonds is 6. The average Bonchev–Trinajstić information content (AvgIpc) is 3.24. The maximum Gasteiger partial charge on any atom is 0.253 e. The summed E-state index contributed by atoms with van der Waals surface area (Å²) in [5.74, 6) is 0.0326. The lowest BCUT2D eigenvalue weighted by Gasteiger charge is -2.11. The molecule has 0 bridgehead atoms. The summed E-state index contributed by atoms with van der Waals surface area (Å²) in [6.45, 7) is 2.75. The number of amides is 2. The molecular weight excluding hydrogens is 240 g/mol. The first-order valence-electron chi connectivity index (χ1n) is 6.90. The normalized spacial score (nSPS) is 13.9. The van der Waals surface area contributed by atoms with Gasteiger partial charge in [0.25, 0.3) is 5.91 Å². The van der Waals surface area contributed by atoms with E-state index in [0.29, 0.717) is 17.8 Å². The zero-order valence-corrected chi connectivity index (χ0v) is 11.2. The standard InChI is InChI=1S/C15H20N2O2/c1-2-3-10-16-15(19)12-6-4-5-7-13(12)17-14(18)11-8-9-11/h4-7,11H,2-3,8-10H2,1H3,(H,16,19)(H,17,18). The van der Waals surface area contributed by atoms with Crippen LogP contribution in [0.3, 0.4) is 0 Å². The molecule has 1 aromatic carbocycles. The van der Waals surface area contributed by atoms with Crippen molar-refractivity contribution < 1.29 is 9.59 Å². The molecule has 2 amide bonds. The number of para-hydroxylation sites is 1. The number of unbranched alkanes of at least 4 members (excludes halogenated alkanes) is 1. The molecule has 4 heteroatoms. The number of anilines is 1. The van der Waals surface area contributed by atoms with Gasteiger partial charge in [0.15, 0.2) is 0 Å². The van der Waals surface area contributed by atoms with Crippen LogP contribution in [0.2, 0.25) is 0 Å². The lowest BCUT2D eigenvalue weighted by molar-refractivity contribution is -0.117. The molecule has 0 unspecified atom stereocenters. The first-order valence-corrected chi connectivity index (χ1v) is 6.90. The second-order valence-corrected chi connectivity index (χ2v) is 4.92. The largest absolute Gasteiger partial charge is 0.352 e. The van der Waals surface area contributed by atoms with Crippen molar-refractivity contribution in [3.05, 3.63) is 29.8 Å². The Morgan fingerprint density at radius 3 is 2.68 bits per heavy atom. The van der Waals surface area contributed by atoms with E-state index >= 15 is 0 Å². The summed E-state index contributed by atoms with van der Waals surface area (Å²) in [7, 11) is 0. The minimum absolute atomic E-state index is 0.0220. The monoisotopic (exact) mass is 260 g/mol. The maximum atomic E-state index is 12.0. The van der Waals surface area contributed by atoms with Crippen molar-refractivity contribution >= 4 is 17.5 Å². The third-order valence-corrected chi connectivity index (χ3v) is 3.19. The third-order valence-electron chi connectivity index (χ3n) is 3.19. The number of benzene rings is 1. The lowest BCUT2D eigenvalue weighted by atomic mass is 10.1. The molecule has 4 nitrogen and oxygen atoms in total. The topological polar surface area (TPSA) is 58.2 Å². The molecule has 0 heterocycles. The van der Waals surface area contributed by atoms with Crippen molar-refractivity contribution in [3.8, 4) is 0 Å². The molecule has 1 fully saturated rings. The number of hydrogen-bond donors (Lipinski definition) is 2. The average molecular weight is 260 g/mol. The molecule has 1 aromatic rings. The summed E-state index contributed by atoms with van der Waals surface area (Å²) in [5, 5.41) is 5.71. The molecule has 2 rings (SSSR count). The summed E-state index contributed by atoms with van der Waals surface area (Å²) in [6, 6.07) is 7.14. The summed E-state index contributed by atoms with van der Waals surface area (Å²) in [5.41, 5.74) is 1.14. The predicted octanol–water partition coefficient (Wildman–Crippen LogP) is 2.57.